The fraction of sp³-hybridized carbons (Fsp3) is 1.00. The number of rotatable bonds is 44. The molecule has 0 aliphatic heterocycles. The van der Waals surface area contributed by atoms with Crippen molar-refractivity contribution in [2.75, 3.05) is 26.2 Å². The Morgan fingerprint density at radius 3 is 0.509 bits per heavy atom. The minimum atomic E-state index is -1.75. The lowest BCUT2D eigenvalue weighted by Gasteiger charge is -2.40. The molecule has 0 aromatic rings. The molecule has 0 saturated carbocycles. The van der Waals surface area contributed by atoms with Gasteiger partial charge in [-0.05, 0) is 51.4 Å². The molecular formula is C48H100N2O3. The van der Waals surface area contributed by atoms with Crippen LogP contribution in [0, 0.1) is 15.3 Å². The summed E-state index contributed by atoms with van der Waals surface area (Å²) in [4.78, 5) is 8.25. The summed E-state index contributed by atoms with van der Waals surface area (Å²) in [7, 11) is 0. The van der Waals surface area contributed by atoms with E-state index in [1.54, 1.807) is 0 Å². The van der Waals surface area contributed by atoms with Gasteiger partial charge in [0.15, 0.2) is 0 Å². The summed E-state index contributed by atoms with van der Waals surface area (Å²) >= 11 is 0. The molecule has 0 aromatic heterocycles. The Bertz CT molecular complexity index is 568. The highest BCUT2D eigenvalue weighted by molar-refractivity contribution is 4.56. The SMILES string of the molecule is CCCCCCCCCCCC[N+](CCCCCCCCCCCC)(CCCCCCCCCCCC)CCCCCCCCCCCC.O=[N+]([O-])[O-]. The van der Waals surface area contributed by atoms with E-state index >= 15 is 0 Å². The molecule has 320 valence electrons. The summed E-state index contributed by atoms with van der Waals surface area (Å²) in [6, 6.07) is 0. The van der Waals surface area contributed by atoms with Gasteiger partial charge in [-0.2, -0.15) is 0 Å². The van der Waals surface area contributed by atoms with Crippen molar-refractivity contribution in [3.05, 3.63) is 15.3 Å². The average molecular weight is 753 g/mol. The normalized spacial score (nSPS) is 11.5. The second kappa shape index (κ2) is 47.3. The third-order valence-corrected chi connectivity index (χ3v) is 11.9. The molecule has 0 aliphatic rings. The zero-order chi connectivity index (χ0) is 39.2. The smallest absolute Gasteiger partial charge is 0.0786 e. The molecule has 0 radical (unpaired) electrons. The fourth-order valence-corrected chi connectivity index (χ4v) is 8.41. The summed E-state index contributed by atoms with van der Waals surface area (Å²) in [6.45, 7) is 15.3. The van der Waals surface area contributed by atoms with Crippen molar-refractivity contribution in [3.63, 3.8) is 0 Å². The standard InChI is InChI=1S/C48H100N.NO3/c1-5-9-13-17-21-25-29-33-37-41-45-49(46-42-38-34-30-26-22-18-14-10-6-2,47-43-39-35-31-27-23-19-15-11-7-3)48-44-40-36-32-28-24-20-16-12-8-4;2-1(3)4/h5-48H2,1-4H3;/q+1;-1. The van der Waals surface area contributed by atoms with Gasteiger partial charge in [0, 0.05) is 0 Å². The Labute approximate surface area is 334 Å². The van der Waals surface area contributed by atoms with Crippen LogP contribution in [0.4, 0.5) is 0 Å². The molecule has 0 aliphatic carbocycles. The van der Waals surface area contributed by atoms with Crippen LogP contribution in [0.1, 0.15) is 285 Å². The van der Waals surface area contributed by atoms with E-state index in [9.17, 15) is 0 Å². The van der Waals surface area contributed by atoms with E-state index < -0.39 is 5.09 Å². The molecule has 0 bridgehead atoms. The summed E-state index contributed by atoms with van der Waals surface area (Å²) < 4.78 is 1.49. The van der Waals surface area contributed by atoms with Crippen LogP contribution in [0.15, 0.2) is 0 Å². The van der Waals surface area contributed by atoms with Gasteiger partial charge in [0.25, 0.3) is 0 Å². The van der Waals surface area contributed by atoms with E-state index in [0.717, 1.165) is 0 Å². The maximum atomic E-state index is 8.25. The first kappa shape index (κ1) is 54.3. The van der Waals surface area contributed by atoms with Crippen LogP contribution >= 0.6 is 0 Å². The number of hydrogen-bond acceptors (Lipinski definition) is 3. The summed E-state index contributed by atoms with van der Waals surface area (Å²) in [5, 5.41) is 14.8. The zero-order valence-corrected chi connectivity index (χ0v) is 37.2. The first-order chi connectivity index (χ1) is 26.0. The Kier molecular flexibility index (Phi) is 48.4. The highest BCUT2D eigenvalue weighted by Gasteiger charge is 2.25. The minimum Gasteiger partial charge on any atom is -0.356 e. The molecule has 0 unspecified atom stereocenters. The van der Waals surface area contributed by atoms with Crippen LogP contribution in [0.25, 0.3) is 0 Å². The van der Waals surface area contributed by atoms with E-state index in [1.807, 2.05) is 0 Å². The summed E-state index contributed by atoms with van der Waals surface area (Å²) in [5.41, 5.74) is 0. The van der Waals surface area contributed by atoms with Gasteiger partial charge in [0.05, 0.1) is 31.3 Å². The second-order valence-electron chi connectivity index (χ2n) is 17.2. The molecule has 0 fully saturated rings. The zero-order valence-electron chi connectivity index (χ0n) is 37.2. The van der Waals surface area contributed by atoms with Gasteiger partial charge in [-0.1, -0.05) is 233 Å². The van der Waals surface area contributed by atoms with Crippen molar-refractivity contribution in [2.24, 2.45) is 0 Å². The molecule has 0 heterocycles. The first-order valence-corrected chi connectivity index (χ1v) is 24.6. The molecule has 0 spiro atoms. The predicted octanol–water partition coefficient (Wildman–Crippen LogP) is 17.2. The van der Waals surface area contributed by atoms with Crippen molar-refractivity contribution < 1.29 is 9.57 Å². The van der Waals surface area contributed by atoms with Gasteiger partial charge in [-0.15, -0.1) is 0 Å². The number of quaternary nitrogens is 1. The maximum Gasteiger partial charge on any atom is 0.0786 e. The first-order valence-electron chi connectivity index (χ1n) is 24.6. The third-order valence-electron chi connectivity index (χ3n) is 11.9. The number of unbranched alkanes of at least 4 members (excludes halogenated alkanes) is 36. The lowest BCUT2D eigenvalue weighted by molar-refractivity contribution is -0.929. The predicted molar refractivity (Wildman–Crippen MR) is 237 cm³/mol. The molecule has 0 amide bonds. The monoisotopic (exact) mass is 753 g/mol. The van der Waals surface area contributed by atoms with Crippen molar-refractivity contribution in [1.82, 2.24) is 0 Å². The molecule has 0 N–H and O–H groups in total. The number of nitrogens with zero attached hydrogens (tertiary/aromatic N) is 2. The van der Waals surface area contributed by atoms with Crippen molar-refractivity contribution in [3.8, 4) is 0 Å². The van der Waals surface area contributed by atoms with Gasteiger partial charge in [-0.25, -0.2) is 0 Å². The lowest BCUT2D eigenvalue weighted by atomic mass is 10.0. The quantitative estimate of drug-likeness (QED) is 0.0269. The van der Waals surface area contributed by atoms with Crippen LogP contribution in [0.5, 0.6) is 0 Å². The fourth-order valence-electron chi connectivity index (χ4n) is 8.41. The average Bonchev–Trinajstić information content (AvgIpc) is 3.14. The Morgan fingerprint density at radius 2 is 0.377 bits per heavy atom. The van der Waals surface area contributed by atoms with Crippen LogP contribution in [0.2, 0.25) is 0 Å². The molecule has 5 heteroatoms. The van der Waals surface area contributed by atoms with Crippen molar-refractivity contribution in [1.29, 1.82) is 0 Å². The Hall–Kier alpha value is -0.840. The topological polar surface area (TPSA) is 66.2 Å². The highest BCUT2D eigenvalue weighted by Crippen LogP contribution is 2.22. The Balaban J connectivity index is 0. The number of hydrogen-bond donors (Lipinski definition) is 0. The van der Waals surface area contributed by atoms with E-state index in [0.29, 0.717) is 0 Å². The van der Waals surface area contributed by atoms with Crippen LogP contribution in [-0.4, -0.2) is 35.7 Å². The van der Waals surface area contributed by atoms with Gasteiger partial charge >= 0.3 is 0 Å². The molecule has 53 heavy (non-hydrogen) atoms. The summed E-state index contributed by atoms with van der Waals surface area (Å²) in [5.74, 6) is 0. The minimum absolute atomic E-state index is 1.37. The van der Waals surface area contributed by atoms with E-state index in [-0.39, 0.29) is 0 Å². The highest BCUT2D eigenvalue weighted by atomic mass is 16.9. The van der Waals surface area contributed by atoms with Gasteiger partial charge in [0.2, 0.25) is 0 Å². The van der Waals surface area contributed by atoms with Crippen molar-refractivity contribution >= 4 is 0 Å². The molecule has 0 saturated heterocycles. The van der Waals surface area contributed by atoms with E-state index in [4.69, 9.17) is 15.3 Å². The van der Waals surface area contributed by atoms with Crippen LogP contribution in [0.3, 0.4) is 0 Å². The van der Waals surface area contributed by atoms with Crippen LogP contribution in [-0.2, 0) is 0 Å². The van der Waals surface area contributed by atoms with Gasteiger partial charge in [0.1, 0.15) is 0 Å². The summed E-state index contributed by atoms with van der Waals surface area (Å²) in [6.07, 6.45) is 58.7. The molecule has 0 atom stereocenters. The largest absolute Gasteiger partial charge is 0.356 e. The molecule has 0 rings (SSSR count). The van der Waals surface area contributed by atoms with Crippen LogP contribution < -0.4 is 0 Å². The molecular weight excluding hydrogens is 653 g/mol. The van der Waals surface area contributed by atoms with Gasteiger partial charge < -0.3 is 19.8 Å². The Morgan fingerprint density at radius 1 is 0.264 bits per heavy atom. The van der Waals surface area contributed by atoms with Gasteiger partial charge in [-0.3, -0.25) is 0 Å². The van der Waals surface area contributed by atoms with Crippen molar-refractivity contribution in [2.45, 2.75) is 285 Å². The lowest BCUT2D eigenvalue weighted by Crippen LogP contribution is -2.50. The third kappa shape index (κ3) is 47.2. The van der Waals surface area contributed by atoms with E-state index in [2.05, 4.69) is 27.7 Å². The molecule has 0 aromatic carbocycles. The second-order valence-corrected chi connectivity index (χ2v) is 17.2. The van der Waals surface area contributed by atoms with E-state index in [1.165, 1.54) is 287 Å². The maximum absolute atomic E-state index is 8.25. The molecule has 5 nitrogen and oxygen atoms in total.